The molecule has 0 aliphatic rings. The molecule has 0 radical (unpaired) electrons. The smallest absolute Gasteiger partial charge is 0.0701 e. The fourth-order valence-electron chi connectivity index (χ4n) is 0.451. The first-order valence-corrected chi connectivity index (χ1v) is 5.33. The van der Waals surface area contributed by atoms with Crippen molar-refractivity contribution in [2.45, 2.75) is 13.8 Å². The molecule has 0 saturated heterocycles. The van der Waals surface area contributed by atoms with Crippen molar-refractivity contribution in [3.63, 3.8) is 0 Å². The van der Waals surface area contributed by atoms with Crippen LogP contribution < -0.4 is 0 Å². The number of aliphatic hydroxyl groups excluding tert-OH is 4. The van der Waals surface area contributed by atoms with Gasteiger partial charge in [-0.15, -0.1) is 0 Å². The summed E-state index contributed by atoms with van der Waals surface area (Å²) in [6.07, 6.45) is 0. The molecule has 0 aromatic rings. The van der Waals surface area contributed by atoms with Crippen molar-refractivity contribution < 1.29 is 29.9 Å². The van der Waals surface area contributed by atoms with Gasteiger partial charge >= 0.3 is 0 Å². The summed E-state index contributed by atoms with van der Waals surface area (Å²) in [7, 11) is 0. The molecule has 102 valence electrons. The molecule has 6 nitrogen and oxygen atoms in total. The number of ether oxygens (including phenoxy) is 2. The van der Waals surface area contributed by atoms with E-state index in [4.69, 9.17) is 29.9 Å². The minimum atomic E-state index is 0.0417. The molecular formula is C10H26O6. The SMILES string of the molecule is CCO.CCO.OCCOCCOCCO. The van der Waals surface area contributed by atoms with E-state index in [0.29, 0.717) is 26.4 Å². The van der Waals surface area contributed by atoms with Crippen LogP contribution in [0.4, 0.5) is 0 Å². The van der Waals surface area contributed by atoms with Crippen LogP contribution in [0.1, 0.15) is 13.8 Å². The topological polar surface area (TPSA) is 99.4 Å². The Labute approximate surface area is 97.4 Å². The maximum atomic E-state index is 8.26. The Balaban J connectivity index is -0.000000235. The highest BCUT2D eigenvalue weighted by atomic mass is 16.5. The molecule has 0 amide bonds. The van der Waals surface area contributed by atoms with Crippen molar-refractivity contribution in [2.75, 3.05) is 52.9 Å². The summed E-state index contributed by atoms with van der Waals surface area (Å²) in [5.41, 5.74) is 0. The standard InChI is InChI=1S/C6H14O4.2C2H6O/c7-1-3-9-5-6-10-4-2-8;2*1-2-3/h7-8H,1-6H2;2*3H,2H2,1H3. The van der Waals surface area contributed by atoms with Gasteiger partial charge in [0.1, 0.15) is 0 Å². The Morgan fingerprint density at radius 3 is 1.06 bits per heavy atom. The first-order valence-electron chi connectivity index (χ1n) is 5.33. The predicted octanol–water partition coefficient (Wildman–Crippen LogP) is -0.999. The highest BCUT2D eigenvalue weighted by molar-refractivity contribution is 4.30. The van der Waals surface area contributed by atoms with Gasteiger partial charge in [0.2, 0.25) is 0 Å². The molecule has 0 aliphatic carbocycles. The van der Waals surface area contributed by atoms with Gasteiger partial charge < -0.3 is 29.9 Å². The van der Waals surface area contributed by atoms with E-state index in [0.717, 1.165) is 0 Å². The van der Waals surface area contributed by atoms with Crippen molar-refractivity contribution in [1.29, 1.82) is 0 Å². The van der Waals surface area contributed by atoms with Gasteiger partial charge in [-0.1, -0.05) is 0 Å². The van der Waals surface area contributed by atoms with Gasteiger partial charge in [0, 0.05) is 13.2 Å². The third-order valence-electron chi connectivity index (χ3n) is 0.843. The van der Waals surface area contributed by atoms with Gasteiger partial charge in [0.25, 0.3) is 0 Å². The molecular weight excluding hydrogens is 216 g/mol. The van der Waals surface area contributed by atoms with Crippen molar-refractivity contribution >= 4 is 0 Å². The molecule has 0 saturated carbocycles. The quantitative estimate of drug-likeness (QED) is 0.427. The van der Waals surface area contributed by atoms with Crippen molar-refractivity contribution in [3.8, 4) is 0 Å². The van der Waals surface area contributed by atoms with E-state index in [9.17, 15) is 0 Å². The molecule has 0 bridgehead atoms. The molecule has 0 fully saturated rings. The molecule has 0 unspecified atom stereocenters. The van der Waals surface area contributed by atoms with Crippen LogP contribution in [0.3, 0.4) is 0 Å². The van der Waals surface area contributed by atoms with Crippen molar-refractivity contribution in [2.24, 2.45) is 0 Å². The minimum absolute atomic E-state index is 0.0417. The van der Waals surface area contributed by atoms with Gasteiger partial charge in [-0.2, -0.15) is 0 Å². The number of rotatable bonds is 7. The van der Waals surface area contributed by atoms with Gasteiger partial charge in [0.15, 0.2) is 0 Å². The number of aliphatic hydroxyl groups is 4. The van der Waals surface area contributed by atoms with Crippen LogP contribution in [0.25, 0.3) is 0 Å². The minimum Gasteiger partial charge on any atom is -0.397 e. The summed E-state index contributed by atoms with van der Waals surface area (Å²) < 4.78 is 9.75. The Bertz CT molecular complexity index is 71.7. The molecule has 0 aliphatic heterocycles. The summed E-state index contributed by atoms with van der Waals surface area (Å²) in [5.74, 6) is 0. The van der Waals surface area contributed by atoms with Crippen molar-refractivity contribution in [1.82, 2.24) is 0 Å². The Morgan fingerprint density at radius 2 is 0.875 bits per heavy atom. The highest BCUT2D eigenvalue weighted by Crippen LogP contribution is 1.76. The van der Waals surface area contributed by atoms with Gasteiger partial charge in [-0.05, 0) is 13.8 Å². The molecule has 0 heterocycles. The van der Waals surface area contributed by atoms with Crippen LogP contribution in [0.15, 0.2) is 0 Å². The lowest BCUT2D eigenvalue weighted by molar-refractivity contribution is 0.0222. The van der Waals surface area contributed by atoms with E-state index in [1.54, 1.807) is 13.8 Å². The van der Waals surface area contributed by atoms with Crippen molar-refractivity contribution in [3.05, 3.63) is 0 Å². The molecule has 16 heavy (non-hydrogen) atoms. The van der Waals surface area contributed by atoms with E-state index in [1.165, 1.54) is 0 Å². The lowest BCUT2D eigenvalue weighted by Crippen LogP contribution is -2.09. The van der Waals surface area contributed by atoms with Crippen LogP contribution in [0, 0.1) is 0 Å². The van der Waals surface area contributed by atoms with Crippen LogP contribution in [-0.4, -0.2) is 73.3 Å². The molecule has 0 aromatic heterocycles. The second-order valence-electron chi connectivity index (χ2n) is 2.30. The number of hydrogen-bond acceptors (Lipinski definition) is 6. The van der Waals surface area contributed by atoms with Crippen LogP contribution in [-0.2, 0) is 9.47 Å². The molecule has 0 spiro atoms. The average Bonchev–Trinajstić information content (AvgIpc) is 2.26. The van der Waals surface area contributed by atoms with Crippen LogP contribution in [0.2, 0.25) is 0 Å². The Kier molecular flexibility index (Phi) is 38.7. The third kappa shape index (κ3) is 49.0. The summed E-state index contributed by atoms with van der Waals surface area (Å²) in [4.78, 5) is 0. The van der Waals surface area contributed by atoms with E-state index in [1.807, 2.05) is 0 Å². The van der Waals surface area contributed by atoms with E-state index in [2.05, 4.69) is 0 Å². The Hall–Kier alpha value is -0.240. The van der Waals surface area contributed by atoms with Gasteiger partial charge in [0.05, 0.1) is 39.6 Å². The summed E-state index contributed by atoms with van der Waals surface area (Å²) in [6, 6.07) is 0. The normalized spacial score (nSPS) is 8.62. The van der Waals surface area contributed by atoms with Crippen LogP contribution >= 0.6 is 0 Å². The molecule has 0 atom stereocenters. The maximum absolute atomic E-state index is 8.26. The van der Waals surface area contributed by atoms with E-state index < -0.39 is 0 Å². The van der Waals surface area contributed by atoms with Gasteiger partial charge in [-0.25, -0.2) is 0 Å². The zero-order valence-corrected chi connectivity index (χ0v) is 10.3. The van der Waals surface area contributed by atoms with E-state index >= 15 is 0 Å². The number of hydrogen-bond donors (Lipinski definition) is 4. The lowest BCUT2D eigenvalue weighted by atomic mass is 10.7. The molecule has 6 heteroatoms. The summed E-state index contributed by atoms with van der Waals surface area (Å²) in [5, 5.41) is 31.7. The molecule has 4 N–H and O–H groups in total. The summed E-state index contributed by atoms with van der Waals surface area (Å²) in [6.45, 7) is 5.59. The first-order chi connectivity index (χ1) is 7.74. The third-order valence-corrected chi connectivity index (χ3v) is 0.843. The van der Waals surface area contributed by atoms with E-state index in [-0.39, 0.29) is 26.4 Å². The molecule has 0 rings (SSSR count). The zero-order valence-electron chi connectivity index (χ0n) is 10.3. The largest absolute Gasteiger partial charge is 0.397 e. The Morgan fingerprint density at radius 1 is 0.625 bits per heavy atom. The zero-order chi connectivity index (χ0) is 13.1. The summed E-state index contributed by atoms with van der Waals surface area (Å²) >= 11 is 0. The highest BCUT2D eigenvalue weighted by Gasteiger charge is 1.86. The first kappa shape index (κ1) is 21.1. The fraction of sp³-hybridized carbons (Fsp3) is 1.00. The lowest BCUT2D eigenvalue weighted by Gasteiger charge is -2.01. The monoisotopic (exact) mass is 242 g/mol. The van der Waals surface area contributed by atoms with Gasteiger partial charge in [-0.3, -0.25) is 0 Å². The second-order valence-corrected chi connectivity index (χ2v) is 2.30. The fourth-order valence-corrected chi connectivity index (χ4v) is 0.451. The molecule has 0 aromatic carbocycles. The van der Waals surface area contributed by atoms with Crippen LogP contribution in [0.5, 0.6) is 0 Å². The second kappa shape index (κ2) is 29.3. The maximum Gasteiger partial charge on any atom is 0.0701 e. The predicted molar refractivity (Wildman–Crippen MR) is 61.3 cm³/mol. The average molecular weight is 242 g/mol.